The van der Waals surface area contributed by atoms with Crippen LogP contribution in [0, 0.1) is 25.2 Å². The molecule has 1 saturated heterocycles. The van der Waals surface area contributed by atoms with Gasteiger partial charge in [-0.1, -0.05) is 12.8 Å². The van der Waals surface area contributed by atoms with E-state index in [1.54, 1.807) is 0 Å². The van der Waals surface area contributed by atoms with Gasteiger partial charge in [0.15, 0.2) is 5.96 Å². The van der Waals surface area contributed by atoms with Crippen LogP contribution in [0.5, 0.6) is 0 Å². The van der Waals surface area contributed by atoms with Gasteiger partial charge in [-0.2, -0.15) is 0 Å². The molecule has 7 heteroatoms. The summed E-state index contributed by atoms with van der Waals surface area (Å²) < 4.78 is 11.7. The Morgan fingerprint density at radius 3 is 2.73 bits per heavy atom. The van der Waals surface area contributed by atoms with Gasteiger partial charge in [0, 0.05) is 30.5 Å². The van der Waals surface area contributed by atoms with E-state index in [2.05, 4.69) is 22.5 Å². The maximum absolute atomic E-state index is 6.08. The van der Waals surface area contributed by atoms with Gasteiger partial charge in [-0.3, -0.25) is 0 Å². The first-order chi connectivity index (χ1) is 12.1. The third-order valence-electron chi connectivity index (χ3n) is 6.37. The quantitative estimate of drug-likeness (QED) is 0.398. The van der Waals surface area contributed by atoms with E-state index < -0.39 is 0 Å². The molecule has 2 aliphatic carbocycles. The van der Waals surface area contributed by atoms with Crippen LogP contribution < -0.4 is 10.6 Å². The van der Waals surface area contributed by atoms with Crippen LogP contribution in [-0.4, -0.2) is 36.2 Å². The number of guanidine groups is 1. The summed E-state index contributed by atoms with van der Waals surface area (Å²) in [5.74, 6) is 3.06. The van der Waals surface area contributed by atoms with Crippen LogP contribution in [0.15, 0.2) is 9.41 Å². The van der Waals surface area contributed by atoms with Gasteiger partial charge in [0.2, 0.25) is 5.89 Å². The molecule has 146 valence electrons. The summed E-state index contributed by atoms with van der Waals surface area (Å²) in [5.41, 5.74) is 1.27. The topological polar surface area (TPSA) is 71.7 Å². The third-order valence-corrected chi connectivity index (χ3v) is 6.37. The zero-order valence-electron chi connectivity index (χ0n) is 16.0. The molecule has 1 aliphatic heterocycles. The Morgan fingerprint density at radius 2 is 2.08 bits per heavy atom. The Morgan fingerprint density at radius 1 is 1.31 bits per heavy atom. The second-order valence-corrected chi connectivity index (χ2v) is 7.75. The van der Waals surface area contributed by atoms with Crippen LogP contribution >= 0.6 is 24.0 Å². The highest BCUT2D eigenvalue weighted by atomic mass is 127. The molecule has 3 unspecified atom stereocenters. The van der Waals surface area contributed by atoms with E-state index in [4.69, 9.17) is 14.1 Å². The molecule has 1 spiro atoms. The molecular weight excluding hydrogens is 443 g/mol. The van der Waals surface area contributed by atoms with Crippen LogP contribution in [0.1, 0.15) is 56.4 Å². The minimum absolute atomic E-state index is 0. The number of aryl methyl sites for hydroxylation is 2. The zero-order chi connectivity index (χ0) is 17.4. The van der Waals surface area contributed by atoms with Crippen molar-refractivity contribution in [3.8, 4) is 0 Å². The third kappa shape index (κ3) is 3.37. The van der Waals surface area contributed by atoms with E-state index in [0.717, 1.165) is 30.6 Å². The summed E-state index contributed by atoms with van der Waals surface area (Å²) in [4.78, 5) is 9.16. The molecule has 1 aromatic rings. The molecule has 2 heterocycles. The Labute approximate surface area is 173 Å². The molecule has 0 amide bonds. The molecule has 2 N–H and O–H groups in total. The van der Waals surface area contributed by atoms with Crippen LogP contribution in [-0.2, 0) is 11.3 Å². The van der Waals surface area contributed by atoms with E-state index in [1.165, 1.54) is 32.1 Å². The first-order valence-corrected chi connectivity index (χ1v) is 9.73. The van der Waals surface area contributed by atoms with E-state index in [0.29, 0.717) is 35.9 Å². The summed E-state index contributed by atoms with van der Waals surface area (Å²) in [5, 5.41) is 7.13. The summed E-state index contributed by atoms with van der Waals surface area (Å²) >= 11 is 0. The lowest BCUT2D eigenvalue weighted by molar-refractivity contribution is -0.125. The second-order valence-electron chi connectivity index (χ2n) is 7.75. The van der Waals surface area contributed by atoms with Crippen LogP contribution in [0.4, 0.5) is 0 Å². The molecule has 3 fully saturated rings. The number of oxazole rings is 1. The highest BCUT2D eigenvalue weighted by Gasteiger charge is 2.65. The number of halogens is 1. The lowest BCUT2D eigenvalue weighted by Crippen LogP contribution is -2.69. The predicted molar refractivity (Wildman–Crippen MR) is 112 cm³/mol. The number of aliphatic imine (C=N–C) groups is 1. The zero-order valence-corrected chi connectivity index (χ0v) is 18.3. The number of nitrogens with one attached hydrogen (secondary N) is 2. The van der Waals surface area contributed by atoms with Gasteiger partial charge in [-0.05, 0) is 40.0 Å². The van der Waals surface area contributed by atoms with Crippen molar-refractivity contribution in [2.45, 2.75) is 71.6 Å². The van der Waals surface area contributed by atoms with E-state index in [-0.39, 0.29) is 24.0 Å². The fourth-order valence-electron chi connectivity index (χ4n) is 5.12. The molecule has 0 aromatic carbocycles. The molecular formula is C19H31IN4O2. The predicted octanol–water partition coefficient (Wildman–Crippen LogP) is 3.31. The van der Waals surface area contributed by atoms with E-state index >= 15 is 0 Å². The van der Waals surface area contributed by atoms with Gasteiger partial charge >= 0.3 is 0 Å². The SMILES string of the molecule is CCNC(=NCc1nc(C)c(C)o1)NC1C2CCOC2C12CCCC2.I. The van der Waals surface area contributed by atoms with Crippen molar-refractivity contribution in [3.63, 3.8) is 0 Å². The van der Waals surface area contributed by atoms with Gasteiger partial charge < -0.3 is 19.8 Å². The largest absolute Gasteiger partial charge is 0.444 e. The van der Waals surface area contributed by atoms with Crippen molar-refractivity contribution in [2.24, 2.45) is 16.3 Å². The Kier molecular flexibility index (Phi) is 6.16. The van der Waals surface area contributed by atoms with Crippen molar-refractivity contribution >= 4 is 29.9 Å². The maximum atomic E-state index is 6.08. The molecule has 3 atom stereocenters. The van der Waals surface area contributed by atoms with Gasteiger partial charge in [0.1, 0.15) is 12.3 Å². The lowest BCUT2D eigenvalue weighted by Gasteiger charge is -2.57. The van der Waals surface area contributed by atoms with Gasteiger partial charge in [0.05, 0.1) is 11.8 Å². The van der Waals surface area contributed by atoms with Crippen LogP contribution in [0.25, 0.3) is 0 Å². The number of nitrogens with zero attached hydrogens (tertiary/aromatic N) is 2. The normalized spacial score (nSPS) is 29.2. The number of hydrogen-bond donors (Lipinski definition) is 2. The molecule has 26 heavy (non-hydrogen) atoms. The maximum Gasteiger partial charge on any atom is 0.216 e. The second kappa shape index (κ2) is 8.04. The van der Waals surface area contributed by atoms with E-state index in [9.17, 15) is 0 Å². The summed E-state index contributed by atoms with van der Waals surface area (Å²) in [6.07, 6.45) is 6.85. The minimum atomic E-state index is 0. The molecule has 4 rings (SSSR count). The lowest BCUT2D eigenvalue weighted by atomic mass is 9.54. The summed E-state index contributed by atoms with van der Waals surface area (Å²) in [7, 11) is 0. The summed E-state index contributed by atoms with van der Waals surface area (Å²) in [6.45, 7) is 8.24. The fourth-order valence-corrected chi connectivity index (χ4v) is 5.12. The van der Waals surface area contributed by atoms with Gasteiger partial charge in [-0.25, -0.2) is 9.98 Å². The van der Waals surface area contributed by atoms with Gasteiger partial charge in [-0.15, -0.1) is 24.0 Å². The number of aromatic nitrogens is 1. The molecule has 0 radical (unpaired) electrons. The molecule has 0 bridgehead atoms. The van der Waals surface area contributed by atoms with Crippen LogP contribution in [0.2, 0.25) is 0 Å². The molecule has 1 aromatic heterocycles. The molecule has 2 saturated carbocycles. The Balaban J connectivity index is 0.00000196. The van der Waals surface area contributed by atoms with Crippen molar-refractivity contribution in [3.05, 3.63) is 17.3 Å². The molecule has 3 aliphatic rings. The van der Waals surface area contributed by atoms with Crippen molar-refractivity contribution in [2.75, 3.05) is 13.2 Å². The van der Waals surface area contributed by atoms with Crippen molar-refractivity contribution in [1.29, 1.82) is 0 Å². The smallest absolute Gasteiger partial charge is 0.216 e. The first kappa shape index (κ1) is 19.9. The highest BCUT2D eigenvalue weighted by Crippen LogP contribution is 2.60. The average Bonchev–Trinajstić information content (AvgIpc) is 3.30. The number of fused-ring (bicyclic) bond motifs is 2. The van der Waals surface area contributed by atoms with Crippen molar-refractivity contribution < 1.29 is 9.15 Å². The number of hydrogen-bond acceptors (Lipinski definition) is 4. The standard InChI is InChI=1S/C19H30N4O2.HI/c1-4-20-18(21-11-15-22-12(2)13(3)25-15)23-16-14-7-10-24-17(14)19(16)8-5-6-9-19;/h14,16-17H,4-11H2,1-3H3,(H2,20,21,23);1H. The van der Waals surface area contributed by atoms with E-state index in [1.807, 2.05) is 13.8 Å². The fraction of sp³-hybridized carbons (Fsp3) is 0.789. The number of rotatable bonds is 4. The molecule has 6 nitrogen and oxygen atoms in total. The average molecular weight is 474 g/mol. The number of ether oxygens (including phenoxy) is 1. The Hall–Kier alpha value is -0.830. The highest BCUT2D eigenvalue weighted by molar-refractivity contribution is 14.0. The van der Waals surface area contributed by atoms with Crippen molar-refractivity contribution in [1.82, 2.24) is 15.6 Å². The van der Waals surface area contributed by atoms with Crippen LogP contribution in [0.3, 0.4) is 0 Å². The first-order valence-electron chi connectivity index (χ1n) is 9.73. The monoisotopic (exact) mass is 474 g/mol. The summed E-state index contributed by atoms with van der Waals surface area (Å²) in [6, 6.07) is 0.480. The Bertz CT molecular complexity index is 634. The van der Waals surface area contributed by atoms with Gasteiger partial charge in [0.25, 0.3) is 0 Å². The minimum Gasteiger partial charge on any atom is -0.444 e.